The third-order valence-electron chi connectivity index (χ3n) is 8.92. The third-order valence-corrected chi connectivity index (χ3v) is 10.5. The molecule has 5 rings (SSSR count). The van der Waals surface area contributed by atoms with Crippen LogP contribution in [0.5, 0.6) is 0 Å². The van der Waals surface area contributed by atoms with E-state index in [-0.39, 0.29) is 33.5 Å². The quantitative estimate of drug-likeness (QED) is 0.630. The molecule has 130 valence electrons. The van der Waals surface area contributed by atoms with Gasteiger partial charge in [-0.3, -0.25) is 0 Å². The largest absolute Gasteiger partial charge is 0.393 e. The predicted molar refractivity (Wildman–Crippen MR) is 91.4 cm³/mol. The zero-order valence-corrected chi connectivity index (χ0v) is 15.6. The Bertz CT molecular complexity index is 527. The maximum absolute atomic E-state index is 10.6. The van der Waals surface area contributed by atoms with Crippen molar-refractivity contribution in [1.29, 1.82) is 0 Å². The zero-order chi connectivity index (χ0) is 16.0. The lowest BCUT2D eigenvalue weighted by Gasteiger charge is -2.62. The van der Waals surface area contributed by atoms with Gasteiger partial charge in [-0.2, -0.15) is 0 Å². The van der Waals surface area contributed by atoms with Crippen molar-refractivity contribution in [2.45, 2.75) is 80.9 Å². The summed E-state index contributed by atoms with van der Waals surface area (Å²) < 4.78 is 6.34. The first-order chi connectivity index (χ1) is 10.9. The van der Waals surface area contributed by atoms with Crippen LogP contribution in [0, 0.1) is 28.6 Å². The fourth-order valence-corrected chi connectivity index (χ4v) is 8.98. The number of halogens is 1. The molecule has 9 atom stereocenters. The molecule has 0 spiro atoms. The van der Waals surface area contributed by atoms with Crippen LogP contribution in [0.3, 0.4) is 0 Å². The molecule has 3 nitrogen and oxygen atoms in total. The van der Waals surface area contributed by atoms with Gasteiger partial charge in [0.1, 0.15) is 0 Å². The van der Waals surface area contributed by atoms with Crippen molar-refractivity contribution in [3.05, 3.63) is 0 Å². The zero-order valence-electron chi connectivity index (χ0n) is 14.0. The predicted octanol–water partition coefficient (Wildman–Crippen LogP) is 3.26. The van der Waals surface area contributed by atoms with Crippen molar-refractivity contribution in [2.75, 3.05) is 6.61 Å². The number of ether oxygens (including phenoxy) is 1. The second-order valence-electron chi connectivity index (χ2n) is 9.47. The average molecular weight is 385 g/mol. The summed E-state index contributed by atoms with van der Waals surface area (Å²) in [6, 6.07) is 0. The average Bonchev–Trinajstić information content (AvgIpc) is 2.88. The first-order valence-corrected chi connectivity index (χ1v) is 10.4. The highest BCUT2D eigenvalue weighted by Gasteiger charge is 2.72. The maximum Gasteiger partial charge on any atom is 0.0738 e. The second kappa shape index (κ2) is 4.75. The summed E-state index contributed by atoms with van der Waals surface area (Å²) in [4.78, 5) is 0. The van der Waals surface area contributed by atoms with Crippen LogP contribution in [0.4, 0.5) is 0 Å². The summed E-state index contributed by atoms with van der Waals surface area (Å²) in [5.41, 5.74) is 0.354. The topological polar surface area (TPSA) is 49.7 Å². The van der Waals surface area contributed by atoms with Crippen LogP contribution < -0.4 is 0 Å². The van der Waals surface area contributed by atoms with Crippen LogP contribution in [-0.4, -0.2) is 39.5 Å². The van der Waals surface area contributed by atoms with Gasteiger partial charge in [0.2, 0.25) is 0 Å². The van der Waals surface area contributed by atoms with Crippen LogP contribution in [0.25, 0.3) is 0 Å². The molecule has 0 unspecified atom stereocenters. The van der Waals surface area contributed by atoms with Gasteiger partial charge in [0, 0.05) is 5.41 Å². The number of fused-ring (bicyclic) bond motifs is 3. The van der Waals surface area contributed by atoms with Crippen LogP contribution in [0.15, 0.2) is 0 Å². The third kappa shape index (κ3) is 1.72. The number of hydrogen-bond acceptors (Lipinski definition) is 3. The van der Waals surface area contributed by atoms with Crippen molar-refractivity contribution in [3.8, 4) is 0 Å². The lowest BCUT2D eigenvalue weighted by molar-refractivity contribution is -0.112. The fourth-order valence-electron chi connectivity index (χ4n) is 7.68. The van der Waals surface area contributed by atoms with Crippen LogP contribution in [0.1, 0.15) is 58.3 Å². The molecule has 4 heteroatoms. The number of hydrogen-bond donors (Lipinski definition) is 2. The van der Waals surface area contributed by atoms with Crippen molar-refractivity contribution < 1.29 is 14.9 Å². The van der Waals surface area contributed by atoms with Gasteiger partial charge in [-0.25, -0.2) is 0 Å². The Kier molecular flexibility index (Phi) is 3.22. The standard InChI is InChI=1S/C19H29BrO3/c1-17-6-5-14-12(13(17)2-3-15(17)22)8-16-19(20)9-11(21)4-7-18(14,19)10-23-16/h11-16,21-22H,2-10H2,1H3/t11-,12+,13-,14-,15-,16+,17-,18-,19-/m0/s1. The lowest BCUT2D eigenvalue weighted by atomic mass is 9.45. The lowest BCUT2D eigenvalue weighted by Crippen LogP contribution is -2.63. The molecular formula is C19H29BrO3. The van der Waals surface area contributed by atoms with Crippen LogP contribution in [0.2, 0.25) is 0 Å². The summed E-state index contributed by atoms with van der Waals surface area (Å²) in [6.07, 6.45) is 8.55. The van der Waals surface area contributed by atoms with E-state index in [1.165, 1.54) is 12.8 Å². The minimum atomic E-state index is -0.176. The molecule has 2 N–H and O–H groups in total. The molecule has 1 aliphatic heterocycles. The maximum atomic E-state index is 10.6. The summed E-state index contributed by atoms with van der Waals surface area (Å²) in [5.74, 6) is 2.08. The number of aliphatic hydroxyl groups is 2. The van der Waals surface area contributed by atoms with E-state index < -0.39 is 0 Å². The van der Waals surface area contributed by atoms with Gasteiger partial charge in [-0.05, 0) is 74.5 Å². The van der Waals surface area contributed by atoms with E-state index >= 15 is 0 Å². The van der Waals surface area contributed by atoms with Crippen molar-refractivity contribution >= 4 is 15.9 Å². The molecule has 23 heavy (non-hydrogen) atoms. The Labute approximate surface area is 147 Å². The van der Waals surface area contributed by atoms with Gasteiger partial charge in [-0.1, -0.05) is 22.9 Å². The van der Waals surface area contributed by atoms with Crippen molar-refractivity contribution in [3.63, 3.8) is 0 Å². The van der Waals surface area contributed by atoms with E-state index in [0.717, 1.165) is 45.1 Å². The SMILES string of the molecule is C[C@]12CC[C@H]3[C@H](C[C@H]4OC[C@@]35CC[C@H](O)C[C@]45Br)[C@@H]1CC[C@@H]2O. The van der Waals surface area contributed by atoms with E-state index in [0.29, 0.717) is 17.8 Å². The molecule has 0 aromatic heterocycles. The van der Waals surface area contributed by atoms with Gasteiger partial charge in [-0.15, -0.1) is 0 Å². The summed E-state index contributed by atoms with van der Waals surface area (Å²) in [7, 11) is 0. The molecular weight excluding hydrogens is 356 g/mol. The monoisotopic (exact) mass is 384 g/mol. The van der Waals surface area contributed by atoms with Crippen LogP contribution in [-0.2, 0) is 4.74 Å². The molecule has 5 fully saturated rings. The molecule has 1 saturated heterocycles. The van der Waals surface area contributed by atoms with Gasteiger partial charge in [0.05, 0.1) is 29.2 Å². The normalized spacial score (nSPS) is 64.2. The molecule has 1 heterocycles. The fraction of sp³-hybridized carbons (Fsp3) is 1.00. The van der Waals surface area contributed by atoms with Crippen LogP contribution >= 0.6 is 15.9 Å². The minimum absolute atomic E-state index is 0.0101. The Morgan fingerprint density at radius 1 is 1.04 bits per heavy atom. The minimum Gasteiger partial charge on any atom is -0.393 e. The molecule has 5 aliphatic rings. The summed E-state index contributed by atoms with van der Waals surface area (Å²) >= 11 is 4.12. The van der Waals surface area contributed by atoms with E-state index in [1.807, 2.05) is 0 Å². The van der Waals surface area contributed by atoms with Gasteiger partial charge >= 0.3 is 0 Å². The number of alkyl halides is 1. The smallest absolute Gasteiger partial charge is 0.0738 e. The Hall–Kier alpha value is 0.360. The first kappa shape index (κ1) is 15.6. The van der Waals surface area contributed by atoms with Gasteiger partial charge in [0.25, 0.3) is 0 Å². The van der Waals surface area contributed by atoms with E-state index in [1.54, 1.807) is 0 Å². The molecule has 4 aliphatic carbocycles. The highest BCUT2D eigenvalue weighted by molar-refractivity contribution is 9.10. The number of aliphatic hydroxyl groups excluding tert-OH is 2. The molecule has 2 bridgehead atoms. The summed E-state index contributed by atoms with van der Waals surface area (Å²) in [5, 5.41) is 20.8. The summed E-state index contributed by atoms with van der Waals surface area (Å²) in [6.45, 7) is 3.22. The van der Waals surface area contributed by atoms with Gasteiger partial charge in [0.15, 0.2) is 0 Å². The van der Waals surface area contributed by atoms with Crippen molar-refractivity contribution in [1.82, 2.24) is 0 Å². The Morgan fingerprint density at radius 2 is 1.87 bits per heavy atom. The second-order valence-corrected chi connectivity index (χ2v) is 10.9. The van der Waals surface area contributed by atoms with Gasteiger partial charge < -0.3 is 14.9 Å². The molecule has 4 saturated carbocycles. The van der Waals surface area contributed by atoms with E-state index in [9.17, 15) is 10.2 Å². The highest BCUT2D eigenvalue weighted by atomic mass is 79.9. The molecule has 0 aromatic carbocycles. The molecule has 0 radical (unpaired) electrons. The molecule has 0 amide bonds. The Balaban J connectivity index is 1.55. The van der Waals surface area contributed by atoms with E-state index in [4.69, 9.17) is 4.74 Å². The molecule has 0 aromatic rings. The van der Waals surface area contributed by atoms with Crippen molar-refractivity contribution in [2.24, 2.45) is 28.6 Å². The van der Waals surface area contributed by atoms with E-state index in [2.05, 4.69) is 22.9 Å². The Morgan fingerprint density at radius 3 is 2.70 bits per heavy atom. The highest BCUT2D eigenvalue weighted by Crippen LogP contribution is 2.72. The first-order valence-electron chi connectivity index (χ1n) is 9.57. The number of rotatable bonds is 0.